The summed E-state index contributed by atoms with van der Waals surface area (Å²) < 4.78 is 11.2. The van der Waals surface area contributed by atoms with Crippen LogP contribution in [-0.2, 0) is 24.4 Å². The monoisotopic (exact) mass is 591 g/mol. The highest BCUT2D eigenvalue weighted by Gasteiger charge is 2.24. The van der Waals surface area contributed by atoms with E-state index < -0.39 is 6.10 Å². The molecular formula is C31H41N7O5. The van der Waals surface area contributed by atoms with Crippen molar-refractivity contribution in [3.63, 3.8) is 0 Å². The number of piperidine rings is 1. The Balaban J connectivity index is 1.06. The van der Waals surface area contributed by atoms with E-state index in [0.717, 1.165) is 63.2 Å². The van der Waals surface area contributed by atoms with Gasteiger partial charge in [-0.25, -0.2) is 15.0 Å². The summed E-state index contributed by atoms with van der Waals surface area (Å²) >= 11 is 0. The van der Waals surface area contributed by atoms with Gasteiger partial charge in [-0.15, -0.1) is 0 Å². The van der Waals surface area contributed by atoms with Crippen LogP contribution in [0.5, 0.6) is 5.75 Å². The van der Waals surface area contributed by atoms with Crippen LogP contribution in [0.1, 0.15) is 65.5 Å². The molecule has 1 fully saturated rings. The van der Waals surface area contributed by atoms with Gasteiger partial charge in [0.25, 0.3) is 5.91 Å². The van der Waals surface area contributed by atoms with Gasteiger partial charge in [0.2, 0.25) is 5.91 Å². The first-order valence-corrected chi connectivity index (χ1v) is 15.1. The number of aromatic nitrogens is 3. The van der Waals surface area contributed by atoms with Crippen molar-refractivity contribution in [1.29, 1.82) is 0 Å². The number of amides is 2. The molecule has 4 heterocycles. The maximum atomic E-state index is 12.8. The third-order valence-corrected chi connectivity index (χ3v) is 8.10. The molecule has 0 aliphatic carbocycles. The number of aliphatic hydroxyl groups excluding tert-OH is 1. The fourth-order valence-electron chi connectivity index (χ4n) is 5.73. The van der Waals surface area contributed by atoms with Crippen molar-refractivity contribution in [3.8, 4) is 5.75 Å². The number of aliphatic hydroxyl groups is 1. The first kappa shape index (κ1) is 30.4. The maximum Gasteiger partial charge on any atom is 0.270 e. The van der Waals surface area contributed by atoms with Gasteiger partial charge >= 0.3 is 0 Å². The van der Waals surface area contributed by atoms with Crippen molar-refractivity contribution in [3.05, 3.63) is 65.3 Å². The molecule has 2 aliphatic rings. The van der Waals surface area contributed by atoms with Gasteiger partial charge in [-0.2, -0.15) is 0 Å². The molecule has 1 aromatic carbocycles. The molecule has 3 N–H and O–H groups in total. The SMILES string of the molecule is CCCC(=O)N1CCC(Nc2cc(C(=O)NCC(O)CN3CCc4c(ccc(OCc5cnco5)c4C)C3)ncn2)CC1. The Bertz CT molecular complexity index is 1370. The Morgan fingerprint density at radius 1 is 1.21 bits per heavy atom. The number of carbonyl (C=O) groups is 2. The minimum Gasteiger partial charge on any atom is -0.485 e. The fourth-order valence-corrected chi connectivity index (χ4v) is 5.73. The molecule has 12 nitrogen and oxygen atoms in total. The Kier molecular flexibility index (Phi) is 10.2. The number of rotatable bonds is 12. The zero-order valence-electron chi connectivity index (χ0n) is 24.9. The van der Waals surface area contributed by atoms with Gasteiger partial charge in [-0.1, -0.05) is 13.0 Å². The minimum absolute atomic E-state index is 0.118. The van der Waals surface area contributed by atoms with Crippen molar-refractivity contribution >= 4 is 17.6 Å². The molecule has 0 bridgehead atoms. The van der Waals surface area contributed by atoms with E-state index in [2.05, 4.69) is 43.5 Å². The molecule has 2 aliphatic heterocycles. The molecule has 230 valence electrons. The maximum absolute atomic E-state index is 12.8. The molecule has 12 heteroatoms. The van der Waals surface area contributed by atoms with Gasteiger partial charge in [0.15, 0.2) is 12.2 Å². The number of ether oxygens (including phenoxy) is 1. The number of benzene rings is 1. The van der Waals surface area contributed by atoms with E-state index in [9.17, 15) is 14.7 Å². The number of nitrogens with zero attached hydrogens (tertiary/aromatic N) is 5. The molecule has 43 heavy (non-hydrogen) atoms. The molecule has 0 saturated carbocycles. The summed E-state index contributed by atoms with van der Waals surface area (Å²) in [5.74, 6) is 1.94. The zero-order chi connectivity index (χ0) is 30.2. The van der Waals surface area contributed by atoms with Gasteiger partial charge in [0.05, 0.1) is 12.3 Å². The fraction of sp³-hybridized carbons (Fsp3) is 0.516. The van der Waals surface area contributed by atoms with Crippen molar-refractivity contribution in [1.82, 2.24) is 30.1 Å². The van der Waals surface area contributed by atoms with Crippen LogP contribution >= 0.6 is 0 Å². The molecule has 0 radical (unpaired) electrons. The number of oxazole rings is 1. The highest BCUT2D eigenvalue weighted by molar-refractivity contribution is 5.92. The predicted molar refractivity (Wildman–Crippen MR) is 159 cm³/mol. The number of nitrogens with one attached hydrogen (secondary N) is 2. The summed E-state index contributed by atoms with van der Waals surface area (Å²) in [6.45, 7) is 7.93. The first-order chi connectivity index (χ1) is 20.9. The number of β-amino-alcohol motifs (C(OH)–C–C–N with tert-alkyl or cyclic N) is 1. The Labute approximate surface area is 251 Å². The molecule has 1 atom stereocenters. The van der Waals surface area contributed by atoms with Crippen molar-refractivity contribution in [2.75, 3.05) is 38.0 Å². The second-order valence-electron chi connectivity index (χ2n) is 11.3. The lowest BCUT2D eigenvalue weighted by Gasteiger charge is -2.32. The van der Waals surface area contributed by atoms with Crippen LogP contribution in [0.3, 0.4) is 0 Å². The molecule has 1 unspecified atom stereocenters. The van der Waals surface area contributed by atoms with Crippen LogP contribution < -0.4 is 15.4 Å². The first-order valence-electron chi connectivity index (χ1n) is 15.1. The smallest absolute Gasteiger partial charge is 0.270 e. The average molecular weight is 592 g/mol. The molecule has 5 rings (SSSR count). The number of anilines is 1. The van der Waals surface area contributed by atoms with Crippen molar-refractivity contribution in [2.24, 2.45) is 0 Å². The Morgan fingerprint density at radius 3 is 2.81 bits per heavy atom. The van der Waals surface area contributed by atoms with Gasteiger partial charge in [0, 0.05) is 57.8 Å². The van der Waals surface area contributed by atoms with Crippen LogP contribution in [0, 0.1) is 6.92 Å². The minimum atomic E-state index is -0.726. The van der Waals surface area contributed by atoms with E-state index in [1.807, 2.05) is 17.9 Å². The summed E-state index contributed by atoms with van der Waals surface area (Å²) in [4.78, 5) is 41.4. The van der Waals surface area contributed by atoms with Crippen LogP contribution in [0.2, 0.25) is 0 Å². The van der Waals surface area contributed by atoms with Crippen LogP contribution in [-0.4, -0.2) is 86.5 Å². The van der Waals surface area contributed by atoms with Gasteiger partial charge in [-0.05, 0) is 55.4 Å². The van der Waals surface area contributed by atoms with Gasteiger partial charge < -0.3 is 29.8 Å². The Hall–Kier alpha value is -4.03. The van der Waals surface area contributed by atoms with Gasteiger partial charge in [-0.3, -0.25) is 14.5 Å². The summed E-state index contributed by atoms with van der Waals surface area (Å²) in [5.41, 5.74) is 3.85. The summed E-state index contributed by atoms with van der Waals surface area (Å²) in [6, 6.07) is 5.86. The van der Waals surface area contributed by atoms with Crippen molar-refractivity contribution < 1.29 is 23.8 Å². The standard InChI is InChI=1S/C31H41N7O5/c1-3-4-30(40)38-11-7-23(8-12-38)36-29-13-27(34-19-35-29)31(41)33-14-24(39)17-37-10-9-26-21(2)28(6-5-22(26)16-37)42-18-25-15-32-20-43-25/h5-6,13,15,19-20,23-24,39H,3-4,7-12,14,16-18H2,1-2H3,(H,33,41)(H,34,35,36). The molecular weight excluding hydrogens is 550 g/mol. The quantitative estimate of drug-likeness (QED) is 0.287. The normalized spacial score (nSPS) is 16.4. The second-order valence-corrected chi connectivity index (χ2v) is 11.3. The Morgan fingerprint density at radius 2 is 2.05 bits per heavy atom. The van der Waals surface area contributed by atoms with Crippen molar-refractivity contribution in [2.45, 2.75) is 71.2 Å². The third-order valence-electron chi connectivity index (χ3n) is 8.10. The average Bonchev–Trinajstić information content (AvgIpc) is 3.54. The molecule has 1 saturated heterocycles. The third kappa shape index (κ3) is 8.08. The zero-order valence-corrected chi connectivity index (χ0v) is 24.9. The number of likely N-dealkylation sites (tertiary alicyclic amines) is 1. The molecule has 3 aromatic rings. The second kappa shape index (κ2) is 14.4. The number of hydrogen-bond acceptors (Lipinski definition) is 10. The van der Waals surface area contributed by atoms with E-state index in [0.29, 0.717) is 31.2 Å². The van der Waals surface area contributed by atoms with Gasteiger partial charge in [0.1, 0.15) is 30.2 Å². The summed E-state index contributed by atoms with van der Waals surface area (Å²) in [6.07, 6.45) is 7.63. The van der Waals surface area contributed by atoms with E-state index >= 15 is 0 Å². The van der Waals surface area contributed by atoms with E-state index in [4.69, 9.17) is 9.15 Å². The molecule has 0 spiro atoms. The lowest BCUT2D eigenvalue weighted by atomic mass is 9.94. The largest absolute Gasteiger partial charge is 0.485 e. The number of carbonyl (C=O) groups excluding carboxylic acids is 2. The van der Waals surface area contributed by atoms with Crippen LogP contribution in [0.4, 0.5) is 5.82 Å². The van der Waals surface area contributed by atoms with E-state index in [1.165, 1.54) is 23.8 Å². The highest BCUT2D eigenvalue weighted by Crippen LogP contribution is 2.30. The summed E-state index contributed by atoms with van der Waals surface area (Å²) in [5, 5.41) is 16.9. The molecule has 2 amide bonds. The molecule has 2 aromatic heterocycles. The number of hydrogen-bond donors (Lipinski definition) is 3. The summed E-state index contributed by atoms with van der Waals surface area (Å²) in [7, 11) is 0. The topological polar surface area (TPSA) is 146 Å². The lowest BCUT2D eigenvalue weighted by molar-refractivity contribution is -0.132. The lowest BCUT2D eigenvalue weighted by Crippen LogP contribution is -2.42. The van der Waals surface area contributed by atoms with E-state index in [1.54, 1.807) is 12.3 Å². The highest BCUT2D eigenvalue weighted by atomic mass is 16.5. The van der Waals surface area contributed by atoms with E-state index in [-0.39, 0.29) is 30.1 Å². The number of fused-ring (bicyclic) bond motifs is 1. The van der Waals surface area contributed by atoms with Crippen LogP contribution in [0.25, 0.3) is 0 Å². The van der Waals surface area contributed by atoms with Crippen LogP contribution in [0.15, 0.2) is 41.5 Å². The predicted octanol–water partition coefficient (Wildman–Crippen LogP) is 2.70.